The number of alkyl halides is 1. The predicted octanol–water partition coefficient (Wildman–Crippen LogP) is 9.33. The van der Waals surface area contributed by atoms with Gasteiger partial charge in [-0.3, -0.25) is 9.59 Å². The number of halogens is 1. The topological polar surface area (TPSA) is 110 Å². The van der Waals surface area contributed by atoms with E-state index in [2.05, 4.69) is 31.2 Å². The second kappa shape index (κ2) is 19.3. The Kier molecular flexibility index (Phi) is 16.0. The first-order valence-electron chi connectivity index (χ1n) is 20.6. The molecule has 52 heavy (non-hydrogen) atoms. The fourth-order valence-corrected chi connectivity index (χ4v) is 11.2. The Bertz CT molecular complexity index is 1320. The first-order chi connectivity index (χ1) is 24.8. The first kappa shape index (κ1) is 43.2. The minimum absolute atomic E-state index is 0.120. The molecule has 294 valence electrons. The molecule has 0 aliphatic heterocycles. The van der Waals surface area contributed by atoms with Crippen LogP contribution < -0.4 is 5.73 Å². The average molecular weight is 744 g/mol. The molecule has 0 saturated heterocycles. The molecule has 4 aliphatic carbocycles. The summed E-state index contributed by atoms with van der Waals surface area (Å²) < 4.78 is 23.4. The van der Waals surface area contributed by atoms with Crippen molar-refractivity contribution in [2.45, 2.75) is 166 Å². The van der Waals surface area contributed by atoms with Crippen molar-refractivity contribution >= 4 is 23.3 Å². The zero-order valence-electron chi connectivity index (χ0n) is 32.8. The number of Topliss-reactive ketones (excluding diaryl/α,β-unsaturated/α-hetero) is 1. The van der Waals surface area contributed by atoms with Gasteiger partial charge in [-0.05, 0) is 108 Å². The van der Waals surface area contributed by atoms with Crippen LogP contribution in [0.3, 0.4) is 0 Å². The van der Waals surface area contributed by atoms with Crippen LogP contribution in [0.4, 0.5) is 4.39 Å². The number of rotatable bonds is 23. The second-order valence-electron chi connectivity index (χ2n) is 16.8. The standard InChI is InChI=1S/C44H70FNO5S/c1-5-6-7-8-9-10-11-12-13-14-15-16-17-18-19-20-27-51-28-21-22-29-52-33-39(49)44(50)34(2)31-42(46)37-24-23-35-30-36(47)25-26-40(35,3)43(37,45)38(48)32-41(42,44)4/h9-10,12-13,25-26,30,34,37-38,48,50H,5-8,11,14-24,27-29,31-33,46H2,1-4H3/b10-9-,13-12-/t34-,37+,38+,40+,41+,42-,43+,44+/m1/s1. The summed E-state index contributed by atoms with van der Waals surface area (Å²) in [6, 6.07) is 0. The predicted molar refractivity (Wildman–Crippen MR) is 213 cm³/mol. The van der Waals surface area contributed by atoms with Gasteiger partial charge in [0.25, 0.3) is 0 Å². The van der Waals surface area contributed by atoms with Crippen LogP contribution in [0.25, 0.3) is 0 Å². The molecule has 3 saturated carbocycles. The van der Waals surface area contributed by atoms with E-state index in [-0.39, 0.29) is 23.7 Å². The molecule has 0 aromatic heterocycles. The van der Waals surface area contributed by atoms with Crippen LogP contribution >= 0.6 is 11.8 Å². The lowest BCUT2D eigenvalue weighted by Gasteiger charge is -2.66. The Morgan fingerprint density at radius 3 is 2.31 bits per heavy atom. The molecule has 4 N–H and O–H groups in total. The Balaban J connectivity index is 1.09. The maximum atomic E-state index is 17.5. The van der Waals surface area contributed by atoms with E-state index in [0.717, 1.165) is 38.0 Å². The highest BCUT2D eigenvalue weighted by molar-refractivity contribution is 7.99. The molecule has 4 aliphatic rings. The smallest absolute Gasteiger partial charge is 0.178 e. The normalized spacial score (nSPS) is 35.6. The van der Waals surface area contributed by atoms with Crippen LogP contribution in [0.1, 0.15) is 143 Å². The van der Waals surface area contributed by atoms with E-state index >= 15 is 4.39 Å². The maximum Gasteiger partial charge on any atom is 0.178 e. The summed E-state index contributed by atoms with van der Waals surface area (Å²) in [5.41, 5.74) is 0.464. The highest BCUT2D eigenvalue weighted by atomic mass is 32.2. The third kappa shape index (κ3) is 8.77. The van der Waals surface area contributed by atoms with E-state index in [1.54, 1.807) is 19.9 Å². The highest BCUT2D eigenvalue weighted by Gasteiger charge is 2.80. The Labute approximate surface area is 318 Å². The number of aliphatic hydroxyl groups is 2. The molecule has 0 aromatic rings. The lowest BCUT2D eigenvalue weighted by Crippen LogP contribution is -2.78. The maximum absolute atomic E-state index is 17.5. The van der Waals surface area contributed by atoms with Gasteiger partial charge in [-0.2, -0.15) is 11.8 Å². The van der Waals surface area contributed by atoms with E-state index in [1.807, 2.05) is 6.92 Å². The van der Waals surface area contributed by atoms with Gasteiger partial charge in [0.05, 0.1) is 11.9 Å². The van der Waals surface area contributed by atoms with Crippen LogP contribution in [-0.2, 0) is 14.3 Å². The quantitative estimate of drug-likeness (QED) is 0.0707. The van der Waals surface area contributed by atoms with Gasteiger partial charge in [-0.1, -0.05) is 95.2 Å². The molecule has 8 heteroatoms. The number of allylic oxidation sites excluding steroid dienone is 8. The number of hydrogen-bond donors (Lipinski definition) is 3. The van der Waals surface area contributed by atoms with Gasteiger partial charge < -0.3 is 20.7 Å². The highest BCUT2D eigenvalue weighted by Crippen LogP contribution is 2.71. The molecule has 0 aromatic carbocycles. The molecule has 0 spiro atoms. The number of carbonyl (C=O) groups excluding carboxylic acids is 2. The number of hydrogen-bond acceptors (Lipinski definition) is 7. The van der Waals surface area contributed by atoms with Crippen molar-refractivity contribution < 1.29 is 28.9 Å². The van der Waals surface area contributed by atoms with E-state index < -0.39 is 45.6 Å². The van der Waals surface area contributed by atoms with Crippen LogP contribution in [0, 0.1) is 22.7 Å². The van der Waals surface area contributed by atoms with Crippen LogP contribution in [-0.4, -0.2) is 69.4 Å². The lowest BCUT2D eigenvalue weighted by molar-refractivity contribution is -0.224. The third-order valence-corrected chi connectivity index (χ3v) is 14.5. The number of unbranched alkanes of at least 4 members (excludes halogenated alkanes) is 10. The van der Waals surface area contributed by atoms with Crippen LogP contribution in [0.2, 0.25) is 0 Å². The number of nitrogens with two attached hydrogens (primary N) is 1. The van der Waals surface area contributed by atoms with Gasteiger partial charge in [0.2, 0.25) is 0 Å². The van der Waals surface area contributed by atoms with Crippen LogP contribution in [0.5, 0.6) is 0 Å². The monoisotopic (exact) mass is 743 g/mol. The minimum Gasteiger partial charge on any atom is -0.390 e. The molecule has 0 amide bonds. The second-order valence-corrected chi connectivity index (χ2v) is 17.9. The molecular formula is C44H70FNO5S. The number of aliphatic hydroxyl groups excluding tert-OH is 1. The number of fused-ring (bicyclic) bond motifs is 5. The third-order valence-electron chi connectivity index (χ3n) is 13.5. The van der Waals surface area contributed by atoms with Gasteiger partial charge in [-0.15, -0.1) is 0 Å². The number of ether oxygens (including phenoxy) is 1. The fourth-order valence-electron chi connectivity index (χ4n) is 10.3. The lowest BCUT2D eigenvalue weighted by atomic mass is 9.42. The summed E-state index contributed by atoms with van der Waals surface area (Å²) in [4.78, 5) is 26.0. The van der Waals surface area contributed by atoms with E-state index in [1.165, 1.54) is 88.1 Å². The van der Waals surface area contributed by atoms with Crippen LogP contribution in [0.15, 0.2) is 48.1 Å². The van der Waals surface area contributed by atoms with Gasteiger partial charge in [-0.25, -0.2) is 4.39 Å². The molecule has 8 atom stereocenters. The van der Waals surface area contributed by atoms with Crippen molar-refractivity contribution in [2.75, 3.05) is 24.7 Å². The van der Waals surface area contributed by atoms with Crippen molar-refractivity contribution in [1.82, 2.24) is 0 Å². The zero-order valence-corrected chi connectivity index (χ0v) is 33.6. The Morgan fingerprint density at radius 1 is 0.981 bits per heavy atom. The summed E-state index contributed by atoms with van der Waals surface area (Å²) in [6.45, 7) is 9.14. The summed E-state index contributed by atoms with van der Waals surface area (Å²) in [5, 5.41) is 23.9. The number of carbonyl (C=O) groups is 2. The summed E-state index contributed by atoms with van der Waals surface area (Å²) in [6.07, 6.45) is 29.9. The van der Waals surface area contributed by atoms with Gasteiger partial charge in [0.1, 0.15) is 5.60 Å². The first-order valence-corrected chi connectivity index (χ1v) is 21.8. The summed E-state index contributed by atoms with van der Waals surface area (Å²) in [5.74, 6) is -0.775. The van der Waals surface area contributed by atoms with Gasteiger partial charge in [0, 0.05) is 35.5 Å². The fraction of sp³-hybridized carbons (Fsp3) is 0.773. The molecule has 3 fully saturated rings. The van der Waals surface area contributed by atoms with Gasteiger partial charge in [0.15, 0.2) is 17.2 Å². The number of thioether (sulfide) groups is 1. The van der Waals surface area contributed by atoms with E-state index in [0.29, 0.717) is 31.4 Å². The minimum atomic E-state index is -2.12. The Hall–Kier alpha value is -1.58. The van der Waals surface area contributed by atoms with Crippen molar-refractivity contribution in [1.29, 1.82) is 0 Å². The Morgan fingerprint density at radius 2 is 1.62 bits per heavy atom. The molecule has 0 bridgehead atoms. The molecule has 4 rings (SSSR count). The van der Waals surface area contributed by atoms with Crippen molar-refractivity contribution in [2.24, 2.45) is 28.4 Å². The van der Waals surface area contributed by atoms with Crippen molar-refractivity contribution in [3.8, 4) is 0 Å². The van der Waals surface area contributed by atoms with Gasteiger partial charge >= 0.3 is 0 Å². The number of ketones is 2. The molecule has 0 unspecified atom stereocenters. The van der Waals surface area contributed by atoms with Crippen molar-refractivity contribution in [3.05, 3.63) is 48.1 Å². The molecule has 0 radical (unpaired) electrons. The van der Waals surface area contributed by atoms with E-state index in [4.69, 9.17) is 10.5 Å². The molecule has 6 nitrogen and oxygen atoms in total. The average Bonchev–Trinajstić information content (AvgIpc) is 3.26. The summed E-state index contributed by atoms with van der Waals surface area (Å²) >= 11 is 1.52. The zero-order chi connectivity index (χ0) is 37.9. The SMILES string of the molecule is CCCCC/C=C\C/C=C\CCCCCCCCOCCCCSCC(=O)[C@@]1(O)[C@H](C)C[C@@]2(N)[C@@H]3CCC4=CC(=O)C=C[C@]4(C)[C@@]3(F)[C@@H](O)C[C@@]21C. The summed E-state index contributed by atoms with van der Waals surface area (Å²) in [7, 11) is 0. The van der Waals surface area contributed by atoms with E-state index in [9.17, 15) is 19.8 Å². The van der Waals surface area contributed by atoms with Crippen molar-refractivity contribution in [3.63, 3.8) is 0 Å². The molecular weight excluding hydrogens is 674 g/mol. The molecule has 0 heterocycles. The largest absolute Gasteiger partial charge is 0.390 e.